The lowest BCUT2D eigenvalue weighted by Gasteiger charge is -2.22. The van der Waals surface area contributed by atoms with Crippen LogP contribution in [-0.2, 0) is 21.2 Å². The zero-order chi connectivity index (χ0) is 24.7. The van der Waals surface area contributed by atoms with Crippen LogP contribution >= 0.6 is 23.2 Å². The summed E-state index contributed by atoms with van der Waals surface area (Å²) in [7, 11) is -1.17. The molecule has 0 aliphatic heterocycles. The average molecular weight is 523 g/mol. The van der Waals surface area contributed by atoms with Crippen LogP contribution in [-0.4, -0.2) is 45.9 Å². The molecule has 10 heteroatoms. The van der Waals surface area contributed by atoms with Gasteiger partial charge >= 0.3 is 0 Å². The molecule has 1 amide bonds. The molecule has 0 unspecified atom stereocenters. The molecule has 0 saturated heterocycles. The summed E-state index contributed by atoms with van der Waals surface area (Å²) in [5, 5.41) is 3.09. The second kappa shape index (κ2) is 11.6. The zero-order valence-electron chi connectivity index (χ0n) is 18.6. The maximum atomic E-state index is 13.5. The summed E-state index contributed by atoms with van der Waals surface area (Å²) in [6.07, 6.45) is 0.415. The molecular weight excluding hydrogens is 499 g/mol. The van der Waals surface area contributed by atoms with Crippen LogP contribution < -0.4 is 14.8 Å². The number of halogens is 2. The number of sulfonamides is 1. The maximum absolute atomic E-state index is 13.5. The third kappa shape index (κ3) is 6.21. The van der Waals surface area contributed by atoms with Crippen molar-refractivity contribution in [2.75, 3.05) is 32.6 Å². The average Bonchev–Trinajstić information content (AvgIpc) is 2.84. The minimum Gasteiger partial charge on any atom is -0.493 e. The van der Waals surface area contributed by atoms with Crippen LogP contribution in [0.4, 0.5) is 5.69 Å². The molecule has 0 heterocycles. The molecule has 0 bridgehead atoms. The fraction of sp³-hybridized carbons (Fsp3) is 0.208. The quantitative estimate of drug-likeness (QED) is 0.410. The lowest BCUT2D eigenvalue weighted by atomic mass is 10.1. The number of nitrogens with one attached hydrogen (secondary N) is 1. The third-order valence-corrected chi connectivity index (χ3v) is 7.69. The maximum Gasteiger partial charge on any atom is 0.243 e. The van der Waals surface area contributed by atoms with Crippen molar-refractivity contribution in [3.8, 4) is 11.5 Å². The Morgan fingerprint density at radius 2 is 1.65 bits per heavy atom. The minimum atomic E-state index is -4.06. The number of rotatable bonds is 10. The van der Waals surface area contributed by atoms with Crippen molar-refractivity contribution < 1.29 is 22.7 Å². The number of carbonyl (C=O) groups is 1. The summed E-state index contributed by atoms with van der Waals surface area (Å²) in [6.45, 7) is -0.344. The van der Waals surface area contributed by atoms with Crippen LogP contribution in [0, 0.1) is 0 Å². The van der Waals surface area contributed by atoms with Gasteiger partial charge in [-0.1, -0.05) is 59.6 Å². The molecule has 1 N–H and O–H groups in total. The van der Waals surface area contributed by atoms with Crippen LogP contribution in [0.3, 0.4) is 0 Å². The number of benzene rings is 3. The van der Waals surface area contributed by atoms with Gasteiger partial charge in [0.25, 0.3) is 0 Å². The largest absolute Gasteiger partial charge is 0.493 e. The van der Waals surface area contributed by atoms with Crippen molar-refractivity contribution in [3.05, 3.63) is 82.3 Å². The Morgan fingerprint density at radius 3 is 2.32 bits per heavy atom. The number of methoxy groups -OCH3 is 2. The number of hydrogen-bond donors (Lipinski definition) is 1. The smallest absolute Gasteiger partial charge is 0.243 e. The highest BCUT2D eigenvalue weighted by Gasteiger charge is 2.28. The predicted octanol–water partition coefficient (Wildman–Crippen LogP) is 4.88. The van der Waals surface area contributed by atoms with Crippen molar-refractivity contribution in [2.45, 2.75) is 11.3 Å². The summed E-state index contributed by atoms with van der Waals surface area (Å²) in [4.78, 5) is 12.8. The van der Waals surface area contributed by atoms with Crippen LogP contribution in [0.2, 0.25) is 10.0 Å². The van der Waals surface area contributed by atoms with Gasteiger partial charge in [0.05, 0.1) is 41.4 Å². The van der Waals surface area contributed by atoms with Gasteiger partial charge in [-0.2, -0.15) is 4.31 Å². The third-order valence-electron chi connectivity index (χ3n) is 5.03. The van der Waals surface area contributed by atoms with Gasteiger partial charge in [0.2, 0.25) is 15.9 Å². The molecule has 0 spiro atoms. The minimum absolute atomic E-state index is 0.0215. The SMILES string of the molecule is COc1ccc(S(=O)(=O)N(CCc2ccccc2)CC(=O)Nc2cccc(Cl)c2Cl)cc1OC. The van der Waals surface area contributed by atoms with E-state index in [2.05, 4.69) is 5.32 Å². The van der Waals surface area contributed by atoms with Crippen molar-refractivity contribution in [2.24, 2.45) is 0 Å². The van der Waals surface area contributed by atoms with Crippen molar-refractivity contribution >= 4 is 44.8 Å². The van der Waals surface area contributed by atoms with Gasteiger partial charge < -0.3 is 14.8 Å². The fourth-order valence-electron chi connectivity index (χ4n) is 3.26. The van der Waals surface area contributed by atoms with Gasteiger partial charge in [-0.25, -0.2) is 8.42 Å². The fourth-order valence-corrected chi connectivity index (χ4v) is 5.02. The van der Waals surface area contributed by atoms with Crippen LogP contribution in [0.25, 0.3) is 0 Å². The molecule has 3 aromatic carbocycles. The first-order valence-electron chi connectivity index (χ1n) is 10.3. The highest BCUT2D eigenvalue weighted by molar-refractivity contribution is 7.89. The van der Waals surface area contributed by atoms with Crippen molar-refractivity contribution in [1.82, 2.24) is 4.31 Å². The lowest BCUT2D eigenvalue weighted by molar-refractivity contribution is -0.116. The van der Waals surface area contributed by atoms with E-state index in [1.807, 2.05) is 30.3 Å². The normalized spacial score (nSPS) is 11.3. The topological polar surface area (TPSA) is 84.9 Å². The second-order valence-corrected chi connectivity index (χ2v) is 9.96. The van der Waals surface area contributed by atoms with E-state index in [-0.39, 0.29) is 27.2 Å². The first-order valence-corrected chi connectivity index (χ1v) is 12.5. The van der Waals surface area contributed by atoms with Crippen LogP contribution in [0.5, 0.6) is 11.5 Å². The van der Waals surface area contributed by atoms with E-state index in [0.717, 1.165) is 9.87 Å². The zero-order valence-corrected chi connectivity index (χ0v) is 21.0. The molecule has 7 nitrogen and oxygen atoms in total. The number of hydrogen-bond acceptors (Lipinski definition) is 5. The predicted molar refractivity (Wildman–Crippen MR) is 134 cm³/mol. The lowest BCUT2D eigenvalue weighted by Crippen LogP contribution is -2.39. The Balaban J connectivity index is 1.89. The molecule has 0 radical (unpaired) electrons. The Labute approximate surface area is 209 Å². The Kier molecular flexibility index (Phi) is 8.79. The molecule has 3 rings (SSSR count). The molecule has 34 heavy (non-hydrogen) atoms. The highest BCUT2D eigenvalue weighted by atomic mass is 35.5. The van der Waals surface area contributed by atoms with Crippen LogP contribution in [0.15, 0.2) is 71.6 Å². The van der Waals surface area contributed by atoms with Gasteiger partial charge in [-0.15, -0.1) is 0 Å². The summed E-state index contributed by atoms with van der Waals surface area (Å²) in [5.74, 6) is 0.105. The summed E-state index contributed by atoms with van der Waals surface area (Å²) in [6, 6.07) is 18.5. The van der Waals surface area contributed by atoms with Gasteiger partial charge in [0.15, 0.2) is 11.5 Å². The molecule has 0 aromatic heterocycles. The molecule has 0 aliphatic rings. The number of nitrogens with zero attached hydrogens (tertiary/aromatic N) is 1. The Bertz CT molecular complexity index is 1250. The van der Waals surface area contributed by atoms with E-state index in [0.29, 0.717) is 17.9 Å². The summed E-state index contributed by atoms with van der Waals surface area (Å²) in [5.41, 5.74) is 1.24. The van der Waals surface area contributed by atoms with E-state index < -0.39 is 22.5 Å². The first-order chi connectivity index (χ1) is 16.3. The molecular formula is C24H24Cl2N2O5S. The molecule has 180 valence electrons. The number of amides is 1. The van der Waals surface area contributed by atoms with E-state index in [1.54, 1.807) is 18.2 Å². The standard InChI is InChI=1S/C24H24Cl2N2O5S/c1-32-21-12-11-18(15-22(21)33-2)34(30,31)28(14-13-17-7-4-3-5-8-17)16-23(29)27-20-10-6-9-19(25)24(20)26/h3-12,15H,13-14,16H2,1-2H3,(H,27,29). The number of anilines is 1. The molecule has 0 atom stereocenters. The highest BCUT2D eigenvalue weighted by Crippen LogP contribution is 2.31. The van der Waals surface area contributed by atoms with E-state index in [9.17, 15) is 13.2 Å². The molecule has 0 aliphatic carbocycles. The Hall–Kier alpha value is -2.78. The first kappa shape index (κ1) is 25.8. The summed E-state index contributed by atoms with van der Waals surface area (Å²) < 4.78 is 38.6. The van der Waals surface area contributed by atoms with Gasteiger partial charge in [-0.05, 0) is 36.2 Å². The molecule has 0 fully saturated rings. The van der Waals surface area contributed by atoms with E-state index in [4.69, 9.17) is 32.7 Å². The van der Waals surface area contributed by atoms with Crippen LogP contribution in [0.1, 0.15) is 5.56 Å². The van der Waals surface area contributed by atoms with Gasteiger partial charge in [0.1, 0.15) is 0 Å². The van der Waals surface area contributed by atoms with Gasteiger partial charge in [-0.3, -0.25) is 4.79 Å². The van der Waals surface area contributed by atoms with Gasteiger partial charge in [0, 0.05) is 12.6 Å². The van der Waals surface area contributed by atoms with E-state index in [1.165, 1.54) is 32.4 Å². The van der Waals surface area contributed by atoms with Crippen molar-refractivity contribution in [3.63, 3.8) is 0 Å². The second-order valence-electron chi connectivity index (χ2n) is 7.24. The number of carbonyl (C=O) groups excluding carboxylic acids is 1. The van der Waals surface area contributed by atoms with E-state index >= 15 is 0 Å². The summed E-state index contributed by atoms with van der Waals surface area (Å²) >= 11 is 12.2. The van der Waals surface area contributed by atoms with Crippen molar-refractivity contribution in [1.29, 1.82) is 0 Å². The molecule has 0 saturated carbocycles. The monoisotopic (exact) mass is 522 g/mol. The Morgan fingerprint density at radius 1 is 0.941 bits per heavy atom. The number of ether oxygens (including phenoxy) is 2. The molecule has 3 aromatic rings.